The molecule has 0 aliphatic heterocycles. The highest BCUT2D eigenvalue weighted by Crippen LogP contribution is 2.47. The Bertz CT molecular complexity index is 1080. The summed E-state index contributed by atoms with van der Waals surface area (Å²) in [6, 6.07) is 7.55. The van der Waals surface area contributed by atoms with E-state index < -0.39 is 59.9 Å². The van der Waals surface area contributed by atoms with E-state index in [9.17, 15) is 28.6 Å². The Morgan fingerprint density at radius 1 is 0.833 bits per heavy atom. The molecule has 36 heavy (non-hydrogen) atoms. The number of fused-ring (bicyclic) bond motifs is 3. The number of aliphatic hydroxyl groups excluding tert-OH is 2. The van der Waals surface area contributed by atoms with Crippen LogP contribution in [0.4, 0.5) is 8.78 Å². The Hall–Kier alpha value is -2.66. The van der Waals surface area contributed by atoms with Crippen LogP contribution in [0.5, 0.6) is 11.5 Å². The Balaban J connectivity index is 1.32. The van der Waals surface area contributed by atoms with Gasteiger partial charge in [0.25, 0.3) is 11.8 Å². The number of amides is 2. The molecule has 8 nitrogen and oxygen atoms in total. The molecule has 3 aliphatic rings. The topological polar surface area (TPSA) is 117 Å². The average Bonchev–Trinajstić information content (AvgIpc) is 2.82. The van der Waals surface area contributed by atoms with Gasteiger partial charge in [-0.15, -0.1) is 0 Å². The third-order valence-corrected chi connectivity index (χ3v) is 7.32. The van der Waals surface area contributed by atoms with Gasteiger partial charge in [-0.25, -0.2) is 8.78 Å². The first kappa shape index (κ1) is 26.4. The molecule has 5 rings (SSSR count). The molecule has 0 saturated heterocycles. The minimum Gasteiger partial charge on any atom is -0.484 e. The van der Waals surface area contributed by atoms with E-state index in [-0.39, 0.29) is 47.2 Å². The number of rotatable bonds is 8. The van der Waals surface area contributed by atoms with Crippen molar-refractivity contribution in [2.24, 2.45) is 0 Å². The zero-order valence-electron chi connectivity index (χ0n) is 18.9. The zero-order valence-corrected chi connectivity index (χ0v) is 20.4. The molecule has 3 saturated carbocycles. The molecule has 2 aromatic rings. The second kappa shape index (κ2) is 10.4. The molecule has 4 N–H and O–H groups in total. The lowest BCUT2D eigenvalue weighted by Gasteiger charge is -2.58. The molecule has 0 unspecified atom stereocenters. The summed E-state index contributed by atoms with van der Waals surface area (Å²) in [6.45, 7) is -0.869. The van der Waals surface area contributed by atoms with E-state index >= 15 is 0 Å². The van der Waals surface area contributed by atoms with E-state index in [1.54, 1.807) is 0 Å². The van der Waals surface area contributed by atoms with Gasteiger partial charge < -0.3 is 30.3 Å². The molecule has 0 aromatic heterocycles. The van der Waals surface area contributed by atoms with Gasteiger partial charge in [-0.1, -0.05) is 23.2 Å². The van der Waals surface area contributed by atoms with Gasteiger partial charge in [0.15, 0.2) is 13.2 Å². The summed E-state index contributed by atoms with van der Waals surface area (Å²) in [5, 5.41) is 27.0. The van der Waals surface area contributed by atoms with Crippen molar-refractivity contribution in [2.45, 2.75) is 49.0 Å². The molecule has 3 fully saturated rings. The van der Waals surface area contributed by atoms with Crippen LogP contribution < -0.4 is 20.1 Å². The fourth-order valence-electron chi connectivity index (χ4n) is 4.79. The van der Waals surface area contributed by atoms with Crippen LogP contribution in [0, 0.1) is 11.6 Å². The van der Waals surface area contributed by atoms with Gasteiger partial charge in [-0.2, -0.15) is 0 Å². The average molecular weight is 545 g/mol. The van der Waals surface area contributed by atoms with Gasteiger partial charge in [0, 0.05) is 25.0 Å². The first-order chi connectivity index (χ1) is 17.0. The first-order valence-electron chi connectivity index (χ1n) is 11.2. The van der Waals surface area contributed by atoms with Crippen LogP contribution in [0.1, 0.15) is 25.7 Å². The van der Waals surface area contributed by atoms with Gasteiger partial charge in [0.2, 0.25) is 0 Å². The van der Waals surface area contributed by atoms with Crippen molar-refractivity contribution in [3.8, 4) is 11.5 Å². The lowest BCUT2D eigenvalue weighted by Crippen LogP contribution is -2.75. The molecular weight excluding hydrogens is 521 g/mol. The standard InChI is InChI=1S/C24H24Cl2F2N2O6/c25-15-3-1-13(7-17(15)27)35-11-21(33)29-23-5-6-24(10-19(23)31,20(32)9-23)30-22(34)12-36-14-2-4-16(26)18(28)8-14/h1-4,7-8,19-20,31-32H,5-6,9-12H2,(H,29,33)(H,30,34)/t19-,20-,23+,24+/m0/s1. The van der Waals surface area contributed by atoms with Crippen molar-refractivity contribution >= 4 is 35.0 Å². The van der Waals surface area contributed by atoms with E-state index in [0.717, 1.165) is 12.1 Å². The van der Waals surface area contributed by atoms with Crippen molar-refractivity contribution in [2.75, 3.05) is 13.2 Å². The van der Waals surface area contributed by atoms with E-state index in [1.165, 1.54) is 24.3 Å². The molecule has 12 heteroatoms. The second-order valence-corrected chi connectivity index (χ2v) is 9.89. The van der Waals surface area contributed by atoms with Crippen LogP contribution in [0.15, 0.2) is 36.4 Å². The summed E-state index contributed by atoms with van der Waals surface area (Å²) in [4.78, 5) is 25.0. The summed E-state index contributed by atoms with van der Waals surface area (Å²) < 4.78 is 37.7. The Kier molecular flexibility index (Phi) is 7.61. The van der Waals surface area contributed by atoms with Crippen molar-refractivity contribution in [3.05, 3.63) is 58.1 Å². The number of halogens is 4. The maximum Gasteiger partial charge on any atom is 0.258 e. The quantitative estimate of drug-likeness (QED) is 0.406. The molecule has 0 heterocycles. The number of ether oxygens (including phenoxy) is 2. The zero-order chi connectivity index (χ0) is 26.1. The number of carbonyl (C=O) groups excluding carboxylic acids is 2. The number of carbonyl (C=O) groups is 2. The smallest absolute Gasteiger partial charge is 0.258 e. The maximum absolute atomic E-state index is 13.6. The van der Waals surface area contributed by atoms with E-state index in [2.05, 4.69) is 10.6 Å². The van der Waals surface area contributed by atoms with E-state index in [1.807, 2.05) is 0 Å². The summed E-state index contributed by atoms with van der Waals surface area (Å²) in [7, 11) is 0. The molecule has 2 aromatic carbocycles. The molecule has 194 valence electrons. The van der Waals surface area contributed by atoms with Crippen molar-refractivity contribution in [3.63, 3.8) is 0 Å². The maximum atomic E-state index is 13.6. The summed E-state index contributed by atoms with van der Waals surface area (Å²) in [6.07, 6.45) is -1.54. The number of aliphatic hydroxyl groups is 2. The highest BCUT2D eigenvalue weighted by Gasteiger charge is 2.60. The molecule has 3 aliphatic carbocycles. The molecule has 2 amide bonds. The molecule has 0 radical (unpaired) electrons. The normalized spacial score (nSPS) is 26.8. The van der Waals surface area contributed by atoms with Crippen LogP contribution in [-0.4, -0.2) is 58.5 Å². The van der Waals surface area contributed by atoms with Crippen molar-refractivity contribution in [1.82, 2.24) is 10.6 Å². The first-order valence-corrected chi connectivity index (χ1v) is 11.9. The molecule has 0 spiro atoms. The van der Waals surface area contributed by atoms with Gasteiger partial charge in [-0.3, -0.25) is 9.59 Å². The predicted octanol–water partition coefficient (Wildman–Crippen LogP) is 2.75. The SMILES string of the molecule is O=C(COc1ccc(Cl)c(F)c1)N[C@@]12CC[C@@](NC(=O)COc3ccc(Cl)c(F)c3)(C[C@@H]1O)[C@@H](O)C2. The van der Waals surface area contributed by atoms with Gasteiger partial charge in [0.05, 0.1) is 33.3 Å². The van der Waals surface area contributed by atoms with Crippen molar-refractivity contribution < 1.29 is 38.1 Å². The fourth-order valence-corrected chi connectivity index (χ4v) is 5.02. The van der Waals surface area contributed by atoms with Gasteiger partial charge in [-0.05, 0) is 37.1 Å². The highest BCUT2D eigenvalue weighted by atomic mass is 35.5. The van der Waals surface area contributed by atoms with Crippen LogP contribution in [-0.2, 0) is 9.59 Å². The van der Waals surface area contributed by atoms with Crippen molar-refractivity contribution in [1.29, 1.82) is 0 Å². The molecule has 4 atom stereocenters. The monoisotopic (exact) mass is 544 g/mol. The lowest BCUT2D eigenvalue weighted by atomic mass is 9.58. The largest absolute Gasteiger partial charge is 0.484 e. The Morgan fingerprint density at radius 3 is 1.56 bits per heavy atom. The van der Waals surface area contributed by atoms with Crippen LogP contribution in [0.3, 0.4) is 0 Å². The number of nitrogens with one attached hydrogen (secondary N) is 2. The summed E-state index contributed by atoms with van der Waals surface area (Å²) in [5.74, 6) is -2.26. The fraction of sp³-hybridized carbons (Fsp3) is 0.417. The molecular formula is C24H24Cl2F2N2O6. The van der Waals surface area contributed by atoms with Gasteiger partial charge >= 0.3 is 0 Å². The van der Waals surface area contributed by atoms with Gasteiger partial charge in [0.1, 0.15) is 23.1 Å². The number of benzene rings is 2. The van der Waals surface area contributed by atoms with Crippen LogP contribution >= 0.6 is 23.2 Å². The minimum absolute atomic E-state index is 0.000980. The highest BCUT2D eigenvalue weighted by molar-refractivity contribution is 6.31. The second-order valence-electron chi connectivity index (χ2n) is 9.08. The van der Waals surface area contributed by atoms with Crippen LogP contribution in [0.2, 0.25) is 10.0 Å². The predicted molar refractivity (Wildman–Crippen MR) is 126 cm³/mol. The summed E-state index contributed by atoms with van der Waals surface area (Å²) in [5.41, 5.74) is -2.20. The van der Waals surface area contributed by atoms with E-state index in [0.29, 0.717) is 0 Å². The third kappa shape index (κ3) is 5.51. The third-order valence-electron chi connectivity index (χ3n) is 6.71. The Morgan fingerprint density at radius 2 is 1.22 bits per heavy atom. The lowest BCUT2D eigenvalue weighted by molar-refractivity contribution is -0.152. The summed E-state index contributed by atoms with van der Waals surface area (Å²) >= 11 is 11.3. The minimum atomic E-state index is -1.10. The number of hydrogen-bond acceptors (Lipinski definition) is 6. The van der Waals surface area contributed by atoms with E-state index in [4.69, 9.17) is 32.7 Å². The van der Waals surface area contributed by atoms with Crippen LogP contribution in [0.25, 0.3) is 0 Å². The molecule has 2 bridgehead atoms. The number of hydrogen-bond donors (Lipinski definition) is 4. The Labute approximate surface area is 215 Å².